The Hall–Kier alpha value is -3.00. The molecule has 1 amide bonds. The largest absolute Gasteiger partial charge is 0.454 e. The molecular weight excluding hydrogens is 373 g/mol. The third kappa shape index (κ3) is 3.43. The molecule has 2 aromatic carbocycles. The maximum absolute atomic E-state index is 14.1. The zero-order valence-electron chi connectivity index (χ0n) is 14.7. The van der Waals surface area contributed by atoms with Crippen molar-refractivity contribution in [3.05, 3.63) is 65.0 Å². The van der Waals surface area contributed by atoms with E-state index in [0.717, 1.165) is 6.07 Å². The van der Waals surface area contributed by atoms with Gasteiger partial charge in [0.25, 0.3) is 5.91 Å². The minimum Gasteiger partial charge on any atom is -0.454 e. The third-order valence-electron chi connectivity index (χ3n) is 4.95. The maximum Gasteiger partial charge on any atom is 0.251 e. The standard InChI is InChI=1S/C20H17F3N2O3/c21-14-8-16(23)15(22)7-13(14)12-3-1-10(5-17(12)24)20(26)25-11-2-4-18-19(6-11)28-9-27-18/h1-2,4,6-8,12,17H,3,5,9,24H2,(H,25,26)/t12-,17+/m0/s1. The molecule has 146 valence electrons. The summed E-state index contributed by atoms with van der Waals surface area (Å²) in [6.45, 7) is 0.134. The van der Waals surface area contributed by atoms with Crippen molar-refractivity contribution in [3.8, 4) is 11.5 Å². The molecule has 2 atom stereocenters. The average Bonchev–Trinajstić information content (AvgIpc) is 3.12. The number of carbonyl (C=O) groups is 1. The fraction of sp³-hybridized carbons (Fsp3) is 0.250. The molecule has 5 nitrogen and oxygen atoms in total. The number of hydrogen-bond donors (Lipinski definition) is 2. The van der Waals surface area contributed by atoms with Crippen LogP contribution in [0.2, 0.25) is 0 Å². The van der Waals surface area contributed by atoms with E-state index in [-0.39, 0.29) is 31.1 Å². The Morgan fingerprint density at radius 1 is 1.04 bits per heavy atom. The minimum atomic E-state index is -1.25. The average molecular weight is 390 g/mol. The van der Waals surface area contributed by atoms with Gasteiger partial charge in [0.1, 0.15) is 5.82 Å². The Morgan fingerprint density at radius 2 is 1.79 bits per heavy atom. The Bertz CT molecular complexity index is 977. The zero-order chi connectivity index (χ0) is 19.8. The molecule has 1 aliphatic heterocycles. The number of carbonyl (C=O) groups excluding carboxylic acids is 1. The first-order chi connectivity index (χ1) is 13.4. The second-order valence-electron chi connectivity index (χ2n) is 6.75. The van der Waals surface area contributed by atoms with Crippen LogP contribution in [0.5, 0.6) is 11.5 Å². The van der Waals surface area contributed by atoms with Crippen molar-refractivity contribution in [2.24, 2.45) is 5.73 Å². The Labute approximate surface area is 158 Å². The van der Waals surface area contributed by atoms with Crippen molar-refractivity contribution >= 4 is 11.6 Å². The van der Waals surface area contributed by atoms with Gasteiger partial charge in [0.2, 0.25) is 6.79 Å². The fourth-order valence-electron chi connectivity index (χ4n) is 3.47. The summed E-state index contributed by atoms with van der Waals surface area (Å²) in [6.07, 6.45) is 2.07. The van der Waals surface area contributed by atoms with Gasteiger partial charge in [-0.25, -0.2) is 13.2 Å². The van der Waals surface area contributed by atoms with E-state index in [1.54, 1.807) is 24.3 Å². The SMILES string of the molecule is N[C@@H]1CC(C(=O)Nc2ccc3c(c2)OCO3)=CC[C@H]1c1cc(F)c(F)cc1F. The van der Waals surface area contributed by atoms with Crippen LogP contribution in [0.25, 0.3) is 0 Å². The smallest absolute Gasteiger partial charge is 0.251 e. The summed E-state index contributed by atoms with van der Waals surface area (Å²) in [5, 5.41) is 2.76. The summed E-state index contributed by atoms with van der Waals surface area (Å²) in [7, 11) is 0. The highest BCUT2D eigenvalue weighted by molar-refractivity contribution is 6.04. The maximum atomic E-state index is 14.1. The lowest BCUT2D eigenvalue weighted by molar-refractivity contribution is -0.113. The number of allylic oxidation sites excluding steroid dienone is 1. The van der Waals surface area contributed by atoms with Gasteiger partial charge < -0.3 is 20.5 Å². The molecule has 1 heterocycles. The van der Waals surface area contributed by atoms with Crippen molar-refractivity contribution in [1.29, 1.82) is 0 Å². The topological polar surface area (TPSA) is 73.6 Å². The van der Waals surface area contributed by atoms with Crippen molar-refractivity contribution in [3.63, 3.8) is 0 Å². The van der Waals surface area contributed by atoms with E-state index >= 15 is 0 Å². The molecule has 0 saturated heterocycles. The fourth-order valence-corrected chi connectivity index (χ4v) is 3.47. The van der Waals surface area contributed by atoms with Crippen LogP contribution in [-0.4, -0.2) is 18.7 Å². The van der Waals surface area contributed by atoms with E-state index in [1.807, 2.05) is 0 Å². The molecule has 2 aliphatic rings. The molecule has 4 rings (SSSR count). The van der Waals surface area contributed by atoms with Gasteiger partial charge >= 0.3 is 0 Å². The van der Waals surface area contributed by atoms with Crippen LogP contribution < -0.4 is 20.5 Å². The Kier molecular flexibility index (Phi) is 4.72. The number of nitrogens with two attached hydrogens (primary N) is 1. The Morgan fingerprint density at radius 3 is 2.57 bits per heavy atom. The highest BCUT2D eigenvalue weighted by Crippen LogP contribution is 2.36. The number of rotatable bonds is 3. The highest BCUT2D eigenvalue weighted by atomic mass is 19.2. The van der Waals surface area contributed by atoms with Crippen LogP contribution in [0.4, 0.5) is 18.9 Å². The van der Waals surface area contributed by atoms with Crippen LogP contribution in [0.15, 0.2) is 42.0 Å². The summed E-state index contributed by atoms with van der Waals surface area (Å²) in [5.41, 5.74) is 7.12. The van der Waals surface area contributed by atoms with Crippen molar-refractivity contribution in [1.82, 2.24) is 0 Å². The summed E-state index contributed by atoms with van der Waals surface area (Å²) < 4.78 is 51.2. The van der Waals surface area contributed by atoms with Crippen molar-refractivity contribution < 1.29 is 27.4 Å². The van der Waals surface area contributed by atoms with Gasteiger partial charge in [-0.05, 0) is 36.6 Å². The molecule has 28 heavy (non-hydrogen) atoms. The molecule has 0 unspecified atom stereocenters. The molecule has 0 fully saturated rings. The highest BCUT2D eigenvalue weighted by Gasteiger charge is 2.30. The first kappa shape index (κ1) is 18.4. The van der Waals surface area contributed by atoms with E-state index in [4.69, 9.17) is 15.2 Å². The second kappa shape index (κ2) is 7.20. The molecule has 0 aromatic heterocycles. The lowest BCUT2D eigenvalue weighted by Gasteiger charge is -2.29. The van der Waals surface area contributed by atoms with Crippen molar-refractivity contribution in [2.45, 2.75) is 24.8 Å². The van der Waals surface area contributed by atoms with Gasteiger partial charge in [0, 0.05) is 35.4 Å². The number of nitrogens with one attached hydrogen (secondary N) is 1. The second-order valence-corrected chi connectivity index (χ2v) is 6.75. The van der Waals surface area contributed by atoms with Crippen LogP contribution in [-0.2, 0) is 4.79 Å². The number of benzene rings is 2. The van der Waals surface area contributed by atoms with E-state index in [1.165, 1.54) is 0 Å². The lowest BCUT2D eigenvalue weighted by Crippen LogP contribution is -2.34. The summed E-state index contributed by atoms with van der Waals surface area (Å²) in [5.74, 6) is -2.95. The first-order valence-corrected chi connectivity index (χ1v) is 8.72. The van der Waals surface area contributed by atoms with E-state index < -0.39 is 29.4 Å². The van der Waals surface area contributed by atoms with Gasteiger partial charge in [-0.1, -0.05) is 6.08 Å². The van der Waals surface area contributed by atoms with Gasteiger partial charge in [-0.3, -0.25) is 4.79 Å². The summed E-state index contributed by atoms with van der Waals surface area (Å²) >= 11 is 0. The van der Waals surface area contributed by atoms with Gasteiger partial charge in [-0.15, -0.1) is 0 Å². The summed E-state index contributed by atoms with van der Waals surface area (Å²) in [4.78, 5) is 12.5. The predicted octanol–water partition coefficient (Wildman–Crippen LogP) is 3.60. The normalized spacial score (nSPS) is 20.6. The molecule has 0 radical (unpaired) electrons. The summed E-state index contributed by atoms with van der Waals surface area (Å²) in [6, 6.07) is 5.78. The number of halogens is 3. The number of fused-ring (bicyclic) bond motifs is 1. The van der Waals surface area contributed by atoms with Crippen LogP contribution in [0.1, 0.15) is 24.3 Å². The van der Waals surface area contributed by atoms with Crippen LogP contribution in [0, 0.1) is 17.5 Å². The number of ether oxygens (including phenoxy) is 2. The van der Waals surface area contributed by atoms with Gasteiger partial charge in [0.05, 0.1) is 0 Å². The van der Waals surface area contributed by atoms with Crippen LogP contribution >= 0.6 is 0 Å². The third-order valence-corrected chi connectivity index (χ3v) is 4.95. The molecule has 0 saturated carbocycles. The Balaban J connectivity index is 1.49. The molecule has 0 spiro atoms. The quantitative estimate of drug-likeness (QED) is 0.786. The number of amides is 1. The van der Waals surface area contributed by atoms with Crippen molar-refractivity contribution in [2.75, 3.05) is 12.1 Å². The number of hydrogen-bond acceptors (Lipinski definition) is 4. The molecule has 8 heteroatoms. The van der Waals surface area contributed by atoms with Gasteiger partial charge in [0.15, 0.2) is 23.1 Å². The lowest BCUT2D eigenvalue weighted by atomic mass is 9.80. The van der Waals surface area contributed by atoms with E-state index in [2.05, 4.69) is 5.32 Å². The van der Waals surface area contributed by atoms with Gasteiger partial charge in [-0.2, -0.15) is 0 Å². The number of anilines is 1. The zero-order valence-corrected chi connectivity index (χ0v) is 14.7. The predicted molar refractivity (Wildman–Crippen MR) is 95.5 cm³/mol. The molecule has 2 aromatic rings. The first-order valence-electron chi connectivity index (χ1n) is 8.72. The molecule has 0 bridgehead atoms. The van der Waals surface area contributed by atoms with E-state index in [9.17, 15) is 18.0 Å². The molecule has 3 N–H and O–H groups in total. The minimum absolute atomic E-state index is 0.0119. The van der Waals surface area contributed by atoms with Crippen LogP contribution in [0.3, 0.4) is 0 Å². The monoisotopic (exact) mass is 390 g/mol. The molecule has 1 aliphatic carbocycles. The molecular formula is C20H17F3N2O3. The van der Waals surface area contributed by atoms with E-state index in [0.29, 0.717) is 28.8 Å².